The van der Waals surface area contributed by atoms with E-state index in [1.807, 2.05) is 36.0 Å². The summed E-state index contributed by atoms with van der Waals surface area (Å²) < 4.78 is 5.87. The first-order valence-corrected chi connectivity index (χ1v) is 7.47. The summed E-state index contributed by atoms with van der Waals surface area (Å²) in [4.78, 5) is 0. The van der Waals surface area contributed by atoms with Crippen LogP contribution < -0.4 is 11.3 Å². The molecule has 2 unspecified atom stereocenters. The van der Waals surface area contributed by atoms with Crippen molar-refractivity contribution in [2.24, 2.45) is 5.84 Å². The Morgan fingerprint density at radius 3 is 3.06 bits per heavy atom. The summed E-state index contributed by atoms with van der Waals surface area (Å²) in [7, 11) is 0. The van der Waals surface area contributed by atoms with Crippen LogP contribution in [0.2, 0.25) is 5.02 Å². The Kier molecular flexibility index (Phi) is 3.52. The van der Waals surface area contributed by atoms with Gasteiger partial charge in [-0.15, -0.1) is 0 Å². The fourth-order valence-corrected chi connectivity index (χ4v) is 3.98. The summed E-state index contributed by atoms with van der Waals surface area (Å²) in [6.45, 7) is 0. The highest BCUT2D eigenvalue weighted by molar-refractivity contribution is 8.00. The van der Waals surface area contributed by atoms with Crippen LogP contribution in [0.3, 0.4) is 0 Å². The molecule has 0 amide bonds. The van der Waals surface area contributed by atoms with Crippen molar-refractivity contribution in [2.75, 3.05) is 5.75 Å². The van der Waals surface area contributed by atoms with Crippen LogP contribution in [-0.2, 0) is 0 Å². The van der Waals surface area contributed by atoms with Gasteiger partial charge < -0.3 is 4.42 Å². The van der Waals surface area contributed by atoms with Gasteiger partial charge in [-0.25, -0.2) is 5.43 Å². The molecule has 1 aromatic heterocycles. The molecule has 1 aromatic carbocycles. The molecule has 96 valence electrons. The van der Waals surface area contributed by atoms with Crippen molar-refractivity contribution in [2.45, 2.75) is 24.1 Å². The summed E-state index contributed by atoms with van der Waals surface area (Å²) in [6.07, 6.45) is 2.43. The van der Waals surface area contributed by atoms with Gasteiger partial charge in [0.1, 0.15) is 11.3 Å². The molecule has 2 aromatic rings. The lowest BCUT2D eigenvalue weighted by atomic mass is 10.1. The van der Waals surface area contributed by atoms with Crippen LogP contribution in [0.1, 0.15) is 24.6 Å². The van der Waals surface area contributed by atoms with Crippen molar-refractivity contribution in [1.82, 2.24) is 5.43 Å². The maximum Gasteiger partial charge on any atom is 0.134 e. The van der Waals surface area contributed by atoms with E-state index in [0.717, 1.165) is 21.8 Å². The number of hydrazine groups is 1. The van der Waals surface area contributed by atoms with E-state index in [1.54, 1.807) is 0 Å². The van der Waals surface area contributed by atoms with E-state index < -0.39 is 0 Å². The maximum atomic E-state index is 5.98. The second kappa shape index (κ2) is 5.13. The first kappa shape index (κ1) is 12.4. The molecule has 1 aliphatic rings. The average molecular weight is 283 g/mol. The smallest absolute Gasteiger partial charge is 0.134 e. The zero-order valence-electron chi connectivity index (χ0n) is 9.86. The molecule has 0 aliphatic carbocycles. The summed E-state index contributed by atoms with van der Waals surface area (Å²) in [6, 6.07) is 7.76. The van der Waals surface area contributed by atoms with E-state index in [4.69, 9.17) is 21.9 Å². The topological polar surface area (TPSA) is 51.2 Å². The highest BCUT2D eigenvalue weighted by Crippen LogP contribution is 2.37. The van der Waals surface area contributed by atoms with Gasteiger partial charge in [0.05, 0.1) is 6.04 Å². The Hall–Kier alpha value is -0.680. The Morgan fingerprint density at radius 2 is 2.33 bits per heavy atom. The lowest BCUT2D eigenvalue weighted by Crippen LogP contribution is -2.33. The third-order valence-corrected chi connectivity index (χ3v) is 5.02. The van der Waals surface area contributed by atoms with E-state index in [-0.39, 0.29) is 6.04 Å². The van der Waals surface area contributed by atoms with Crippen LogP contribution in [0.5, 0.6) is 0 Å². The van der Waals surface area contributed by atoms with E-state index >= 15 is 0 Å². The van der Waals surface area contributed by atoms with E-state index in [9.17, 15) is 0 Å². The van der Waals surface area contributed by atoms with Crippen molar-refractivity contribution in [1.29, 1.82) is 0 Å². The molecule has 2 atom stereocenters. The minimum Gasteiger partial charge on any atom is -0.459 e. The Balaban J connectivity index is 1.96. The van der Waals surface area contributed by atoms with E-state index in [2.05, 4.69) is 5.43 Å². The minimum absolute atomic E-state index is 0.0728. The van der Waals surface area contributed by atoms with Crippen molar-refractivity contribution in [3.63, 3.8) is 0 Å². The molecule has 1 fully saturated rings. The van der Waals surface area contributed by atoms with Crippen molar-refractivity contribution in [3.8, 4) is 0 Å². The molecular formula is C13H15ClN2OS. The number of thioether (sulfide) groups is 1. The number of fused-ring (bicyclic) bond motifs is 1. The maximum absolute atomic E-state index is 5.98. The van der Waals surface area contributed by atoms with Gasteiger partial charge >= 0.3 is 0 Å². The van der Waals surface area contributed by atoms with Gasteiger partial charge in [-0.1, -0.05) is 11.6 Å². The number of nitrogens with two attached hydrogens (primary N) is 1. The monoisotopic (exact) mass is 282 g/mol. The first-order valence-electron chi connectivity index (χ1n) is 6.04. The molecule has 0 radical (unpaired) electrons. The van der Waals surface area contributed by atoms with Gasteiger partial charge in [0, 0.05) is 15.7 Å². The quantitative estimate of drug-likeness (QED) is 0.668. The number of halogens is 1. The molecule has 3 rings (SSSR count). The highest BCUT2D eigenvalue weighted by Gasteiger charge is 2.28. The molecule has 1 saturated heterocycles. The molecule has 0 bridgehead atoms. The second-order valence-electron chi connectivity index (χ2n) is 4.53. The highest BCUT2D eigenvalue weighted by atomic mass is 35.5. The summed E-state index contributed by atoms with van der Waals surface area (Å²) >= 11 is 7.94. The minimum atomic E-state index is 0.0728. The molecule has 1 aliphatic heterocycles. The van der Waals surface area contributed by atoms with Gasteiger partial charge in [-0.2, -0.15) is 11.8 Å². The molecule has 18 heavy (non-hydrogen) atoms. The first-order chi connectivity index (χ1) is 8.78. The van der Waals surface area contributed by atoms with Crippen LogP contribution in [0.15, 0.2) is 28.7 Å². The Morgan fingerprint density at radius 1 is 1.44 bits per heavy atom. The molecule has 5 heteroatoms. The Bertz CT molecular complexity index is 551. The van der Waals surface area contributed by atoms with Crippen molar-refractivity contribution in [3.05, 3.63) is 35.0 Å². The van der Waals surface area contributed by atoms with E-state index in [1.165, 1.54) is 18.6 Å². The van der Waals surface area contributed by atoms with E-state index in [0.29, 0.717) is 5.25 Å². The van der Waals surface area contributed by atoms with Crippen LogP contribution in [0.25, 0.3) is 11.0 Å². The third kappa shape index (κ3) is 2.26. The van der Waals surface area contributed by atoms with Crippen LogP contribution in [0, 0.1) is 0 Å². The largest absolute Gasteiger partial charge is 0.459 e. The van der Waals surface area contributed by atoms with Gasteiger partial charge in [0.15, 0.2) is 0 Å². The number of hydrogen-bond donors (Lipinski definition) is 2. The third-order valence-electron chi connectivity index (χ3n) is 3.32. The van der Waals surface area contributed by atoms with Gasteiger partial charge in [0.2, 0.25) is 0 Å². The number of hydrogen-bond acceptors (Lipinski definition) is 4. The molecule has 0 spiro atoms. The fraction of sp³-hybridized carbons (Fsp3) is 0.385. The molecular weight excluding hydrogens is 268 g/mol. The predicted molar refractivity (Wildman–Crippen MR) is 76.8 cm³/mol. The zero-order valence-corrected chi connectivity index (χ0v) is 11.4. The van der Waals surface area contributed by atoms with Crippen molar-refractivity contribution >= 4 is 34.3 Å². The number of furan rings is 1. The number of nitrogens with one attached hydrogen (secondary N) is 1. The lowest BCUT2D eigenvalue weighted by Gasteiger charge is -2.19. The lowest BCUT2D eigenvalue weighted by molar-refractivity contribution is 0.421. The van der Waals surface area contributed by atoms with Gasteiger partial charge in [-0.05, 0) is 42.9 Å². The molecule has 0 saturated carbocycles. The van der Waals surface area contributed by atoms with Gasteiger partial charge in [0.25, 0.3) is 0 Å². The van der Waals surface area contributed by atoms with Crippen LogP contribution >= 0.6 is 23.4 Å². The SMILES string of the molecule is NNC(c1cc2cc(Cl)ccc2o1)C1CCCS1. The summed E-state index contributed by atoms with van der Waals surface area (Å²) in [5.74, 6) is 7.79. The van der Waals surface area contributed by atoms with Crippen LogP contribution in [0.4, 0.5) is 0 Å². The number of rotatable bonds is 3. The summed E-state index contributed by atoms with van der Waals surface area (Å²) in [5.41, 5.74) is 3.75. The predicted octanol–water partition coefficient (Wildman–Crippen LogP) is 3.49. The standard InChI is InChI=1S/C13H15ClN2OS/c14-9-3-4-10-8(6-9)7-11(17-10)13(16-15)12-2-1-5-18-12/h3-4,6-7,12-13,16H,1-2,5,15H2. The fourth-order valence-electron chi connectivity index (χ4n) is 2.43. The number of benzene rings is 1. The molecule has 2 heterocycles. The zero-order chi connectivity index (χ0) is 12.5. The summed E-state index contributed by atoms with van der Waals surface area (Å²) in [5, 5.41) is 2.24. The second-order valence-corrected chi connectivity index (χ2v) is 6.31. The molecule has 3 nitrogen and oxygen atoms in total. The van der Waals surface area contributed by atoms with Gasteiger partial charge in [-0.3, -0.25) is 5.84 Å². The average Bonchev–Trinajstić information content (AvgIpc) is 2.98. The molecule has 3 N–H and O–H groups in total. The normalized spacial score (nSPS) is 21.6. The van der Waals surface area contributed by atoms with Crippen LogP contribution in [-0.4, -0.2) is 11.0 Å². The Labute approximate surface area is 115 Å². The van der Waals surface area contributed by atoms with Crippen molar-refractivity contribution < 1.29 is 4.42 Å².